The highest BCUT2D eigenvalue weighted by Crippen LogP contribution is 2.39. The molecule has 1 atom stereocenters. The Morgan fingerprint density at radius 1 is 1.45 bits per heavy atom. The molecule has 1 aliphatic rings. The summed E-state index contributed by atoms with van der Waals surface area (Å²) >= 11 is 1.41. The van der Waals surface area contributed by atoms with Crippen molar-refractivity contribution in [1.29, 1.82) is 5.26 Å². The van der Waals surface area contributed by atoms with E-state index in [0.717, 1.165) is 16.9 Å². The number of furan rings is 1. The first-order valence-electron chi connectivity index (χ1n) is 10.6. The molecule has 0 bridgehead atoms. The number of aromatic nitrogens is 2. The zero-order valence-electron chi connectivity index (χ0n) is 17.8. The number of hydrogen-bond acceptors (Lipinski definition) is 7. The average Bonchev–Trinajstić information content (AvgIpc) is 3.57. The van der Waals surface area contributed by atoms with E-state index in [9.17, 15) is 14.9 Å². The summed E-state index contributed by atoms with van der Waals surface area (Å²) in [6, 6.07) is 5.72. The highest BCUT2D eigenvalue weighted by Gasteiger charge is 2.27. The number of fused-ring (bicyclic) bond motifs is 1. The van der Waals surface area contributed by atoms with Crippen LogP contribution in [0.5, 0.6) is 0 Å². The Hall–Kier alpha value is -3.84. The lowest BCUT2D eigenvalue weighted by molar-refractivity contribution is -0.111. The number of nitrogens with one attached hydrogen (secondary N) is 2. The molecule has 0 saturated carbocycles. The molecule has 0 aliphatic heterocycles. The van der Waals surface area contributed by atoms with Crippen LogP contribution in [-0.4, -0.2) is 34.7 Å². The maximum atomic E-state index is 12.3. The molecule has 0 aromatic carbocycles. The van der Waals surface area contributed by atoms with E-state index < -0.39 is 6.09 Å². The first-order chi connectivity index (χ1) is 16.1. The monoisotopic (exact) mass is 465 g/mol. The number of rotatable bonds is 8. The first-order valence-corrected chi connectivity index (χ1v) is 11.4. The molecular weight excluding hydrogens is 442 g/mol. The van der Waals surface area contributed by atoms with Crippen LogP contribution >= 0.6 is 11.3 Å². The molecule has 3 aromatic rings. The van der Waals surface area contributed by atoms with Gasteiger partial charge < -0.3 is 24.4 Å². The van der Waals surface area contributed by atoms with Gasteiger partial charge in [-0.2, -0.15) is 5.26 Å². The number of ether oxygens (including phenoxy) is 1. The molecule has 1 aliphatic carbocycles. The standard InChI is InChI=1S/C23H23N5O4S/c24-13-19-18-5-3-16(14-32-23(30)26-8-10-28-9-7-25-15-28)12-20(18)33-22(19)27-21(29)6-4-17-2-1-11-31-17/h1-2,4,6-7,9,11,15-16H,3,5,8,10,12,14H2,(H,26,30)(H,27,29)/b6-4+. The quantitative estimate of drug-likeness (QED) is 0.490. The molecule has 0 spiro atoms. The Balaban J connectivity index is 1.28. The Morgan fingerprint density at radius 2 is 2.36 bits per heavy atom. The summed E-state index contributed by atoms with van der Waals surface area (Å²) in [5.74, 6) is 0.419. The molecule has 9 nitrogen and oxygen atoms in total. The van der Waals surface area contributed by atoms with Crippen molar-refractivity contribution in [3.63, 3.8) is 0 Å². The van der Waals surface area contributed by atoms with Gasteiger partial charge in [-0.3, -0.25) is 4.79 Å². The molecule has 4 rings (SSSR count). The van der Waals surface area contributed by atoms with E-state index in [1.54, 1.807) is 30.7 Å². The van der Waals surface area contributed by atoms with E-state index in [1.165, 1.54) is 23.7 Å². The number of nitriles is 1. The number of imidazole rings is 1. The lowest BCUT2D eigenvalue weighted by Gasteiger charge is -2.21. The molecule has 0 radical (unpaired) electrons. The van der Waals surface area contributed by atoms with Crippen molar-refractivity contribution in [2.75, 3.05) is 18.5 Å². The molecular formula is C23H23N5O4S. The third kappa shape index (κ3) is 5.90. The SMILES string of the molecule is N#Cc1c(NC(=O)/C=C/c2ccco2)sc2c1CCC(COC(=O)NCCn1ccnc1)C2. The average molecular weight is 466 g/mol. The van der Waals surface area contributed by atoms with E-state index in [4.69, 9.17) is 9.15 Å². The number of alkyl carbamates (subject to hydrolysis) is 1. The summed E-state index contributed by atoms with van der Waals surface area (Å²) in [5.41, 5.74) is 1.50. The van der Waals surface area contributed by atoms with Gasteiger partial charge in [0, 0.05) is 36.4 Å². The van der Waals surface area contributed by atoms with Gasteiger partial charge in [-0.05, 0) is 49.0 Å². The molecule has 170 valence electrons. The smallest absolute Gasteiger partial charge is 0.407 e. The molecule has 33 heavy (non-hydrogen) atoms. The fourth-order valence-corrected chi connectivity index (χ4v) is 4.97. The van der Waals surface area contributed by atoms with Crippen LogP contribution in [0.25, 0.3) is 6.08 Å². The number of thiophene rings is 1. The van der Waals surface area contributed by atoms with Gasteiger partial charge in [0.15, 0.2) is 0 Å². The Labute approximate surface area is 194 Å². The van der Waals surface area contributed by atoms with Crippen molar-refractivity contribution >= 4 is 34.4 Å². The summed E-state index contributed by atoms with van der Waals surface area (Å²) in [5, 5.41) is 15.7. The Morgan fingerprint density at radius 3 is 3.12 bits per heavy atom. The number of nitrogens with zero attached hydrogens (tertiary/aromatic N) is 3. The second-order valence-corrected chi connectivity index (χ2v) is 8.70. The van der Waals surface area contributed by atoms with E-state index in [2.05, 4.69) is 21.7 Å². The summed E-state index contributed by atoms with van der Waals surface area (Å²) in [6.45, 7) is 1.39. The Bertz CT molecular complexity index is 1160. The van der Waals surface area contributed by atoms with Crippen molar-refractivity contribution in [2.45, 2.75) is 25.8 Å². The van der Waals surface area contributed by atoms with E-state index in [1.807, 2.05) is 10.8 Å². The second kappa shape index (κ2) is 10.7. The minimum absolute atomic E-state index is 0.171. The van der Waals surface area contributed by atoms with Crippen LogP contribution in [0.1, 0.15) is 28.2 Å². The fourth-order valence-electron chi connectivity index (χ4n) is 3.65. The van der Waals surface area contributed by atoms with Gasteiger partial charge in [0.25, 0.3) is 0 Å². The lowest BCUT2D eigenvalue weighted by atomic mass is 9.88. The largest absolute Gasteiger partial charge is 0.465 e. The minimum Gasteiger partial charge on any atom is -0.465 e. The predicted molar refractivity (Wildman–Crippen MR) is 122 cm³/mol. The number of hydrogen-bond donors (Lipinski definition) is 2. The summed E-state index contributed by atoms with van der Waals surface area (Å²) in [6.07, 6.45) is 11.5. The van der Waals surface area contributed by atoms with Crippen LogP contribution in [-0.2, 0) is 28.9 Å². The lowest BCUT2D eigenvalue weighted by Crippen LogP contribution is -2.30. The van der Waals surface area contributed by atoms with Crippen LogP contribution in [0.4, 0.5) is 9.80 Å². The highest BCUT2D eigenvalue weighted by atomic mass is 32.1. The van der Waals surface area contributed by atoms with Gasteiger partial charge >= 0.3 is 6.09 Å². The fraction of sp³-hybridized carbons (Fsp3) is 0.304. The van der Waals surface area contributed by atoms with Gasteiger partial charge in [0.2, 0.25) is 5.91 Å². The molecule has 10 heteroatoms. The van der Waals surface area contributed by atoms with Crippen LogP contribution in [0.2, 0.25) is 0 Å². The zero-order valence-corrected chi connectivity index (χ0v) is 18.6. The van der Waals surface area contributed by atoms with Gasteiger partial charge in [0.05, 0.1) is 24.8 Å². The predicted octanol–water partition coefficient (Wildman–Crippen LogP) is 3.59. The van der Waals surface area contributed by atoms with Gasteiger partial charge in [-0.25, -0.2) is 9.78 Å². The van der Waals surface area contributed by atoms with Gasteiger partial charge in [-0.15, -0.1) is 11.3 Å². The number of amides is 2. The number of anilines is 1. The molecule has 1 unspecified atom stereocenters. The molecule has 3 heterocycles. The molecule has 0 fully saturated rings. The van der Waals surface area contributed by atoms with Crippen molar-refractivity contribution in [3.05, 3.63) is 65.0 Å². The van der Waals surface area contributed by atoms with Crippen LogP contribution in [0.15, 0.2) is 47.6 Å². The van der Waals surface area contributed by atoms with Crippen molar-refractivity contribution in [2.24, 2.45) is 5.92 Å². The molecule has 3 aromatic heterocycles. The topological polar surface area (TPSA) is 122 Å². The number of carbonyl (C=O) groups is 2. The van der Waals surface area contributed by atoms with Crippen LogP contribution in [0.3, 0.4) is 0 Å². The molecule has 2 amide bonds. The van der Waals surface area contributed by atoms with E-state index in [-0.39, 0.29) is 11.8 Å². The van der Waals surface area contributed by atoms with Gasteiger partial charge in [0.1, 0.15) is 16.8 Å². The minimum atomic E-state index is -0.443. The van der Waals surface area contributed by atoms with Crippen molar-refractivity contribution < 1.29 is 18.7 Å². The summed E-state index contributed by atoms with van der Waals surface area (Å²) < 4.78 is 12.4. The van der Waals surface area contributed by atoms with Gasteiger partial charge in [-0.1, -0.05) is 0 Å². The summed E-state index contributed by atoms with van der Waals surface area (Å²) in [4.78, 5) is 29.3. The normalized spacial score (nSPS) is 15.1. The van der Waals surface area contributed by atoms with Crippen LogP contribution in [0, 0.1) is 17.2 Å². The van der Waals surface area contributed by atoms with Crippen molar-refractivity contribution in [3.8, 4) is 6.07 Å². The molecule has 2 N–H and O–H groups in total. The summed E-state index contributed by atoms with van der Waals surface area (Å²) in [7, 11) is 0. The van der Waals surface area contributed by atoms with Crippen LogP contribution < -0.4 is 10.6 Å². The maximum Gasteiger partial charge on any atom is 0.407 e. The molecule has 0 saturated heterocycles. The Kier molecular flexibility index (Phi) is 7.22. The first kappa shape index (κ1) is 22.4. The third-order valence-electron chi connectivity index (χ3n) is 5.31. The van der Waals surface area contributed by atoms with E-state index >= 15 is 0 Å². The third-order valence-corrected chi connectivity index (χ3v) is 6.48. The highest BCUT2D eigenvalue weighted by molar-refractivity contribution is 7.16. The maximum absolute atomic E-state index is 12.3. The zero-order chi connectivity index (χ0) is 23.0. The number of carbonyl (C=O) groups excluding carboxylic acids is 2. The second-order valence-electron chi connectivity index (χ2n) is 7.59. The van der Waals surface area contributed by atoms with Crippen molar-refractivity contribution in [1.82, 2.24) is 14.9 Å². The van der Waals surface area contributed by atoms with E-state index in [0.29, 0.717) is 48.9 Å².